The molecule has 2 aromatic rings. The van der Waals surface area contributed by atoms with Crippen LogP contribution in [0.1, 0.15) is 61.6 Å². The van der Waals surface area contributed by atoms with Gasteiger partial charge in [-0.05, 0) is 24.8 Å². The Hall–Kier alpha value is -3.18. The first-order valence-electron chi connectivity index (χ1n) is 10.7. The summed E-state index contributed by atoms with van der Waals surface area (Å²) in [4.78, 5) is 12.3. The van der Waals surface area contributed by atoms with Gasteiger partial charge in [0.05, 0.1) is 6.61 Å². The van der Waals surface area contributed by atoms with Crippen molar-refractivity contribution in [3.63, 3.8) is 0 Å². The molecule has 0 saturated carbocycles. The summed E-state index contributed by atoms with van der Waals surface area (Å²) >= 11 is 0. The molecule has 0 radical (unpaired) electrons. The Morgan fingerprint density at radius 3 is 2.36 bits per heavy atom. The number of carbonyl (C=O) groups is 1. The summed E-state index contributed by atoms with van der Waals surface area (Å²) in [7, 11) is 0. The molecular formula is C25H23F4NO3. The second-order valence-corrected chi connectivity index (χ2v) is 7.84. The van der Waals surface area contributed by atoms with E-state index in [0.29, 0.717) is 19.3 Å². The molecule has 1 heterocycles. The van der Waals surface area contributed by atoms with Crippen molar-refractivity contribution in [3.05, 3.63) is 70.5 Å². The number of nitrogens with zero attached hydrogens (tertiary/aromatic N) is 1. The van der Waals surface area contributed by atoms with Crippen LogP contribution in [0.3, 0.4) is 0 Å². The molecule has 8 heteroatoms. The van der Waals surface area contributed by atoms with Crippen molar-refractivity contribution < 1.29 is 31.8 Å². The molecule has 4 nitrogen and oxygen atoms in total. The third kappa shape index (κ3) is 5.99. The van der Waals surface area contributed by atoms with Crippen LogP contribution >= 0.6 is 0 Å². The largest absolute Gasteiger partial charge is 0.424 e. The highest BCUT2D eigenvalue weighted by Crippen LogP contribution is 2.31. The van der Waals surface area contributed by atoms with Gasteiger partial charge in [-0.15, -0.1) is 0 Å². The van der Waals surface area contributed by atoms with Crippen LogP contribution in [-0.4, -0.2) is 18.7 Å². The zero-order chi connectivity index (χ0) is 24.0. The molecular weight excluding hydrogens is 438 g/mol. The smallest absolute Gasteiger partial charge is 0.340 e. The fourth-order valence-electron chi connectivity index (χ4n) is 3.60. The lowest BCUT2D eigenvalue weighted by molar-refractivity contribution is -0.150. The van der Waals surface area contributed by atoms with E-state index in [4.69, 9.17) is 14.7 Å². The molecule has 0 amide bonds. The van der Waals surface area contributed by atoms with E-state index in [1.54, 1.807) is 12.1 Å². The molecule has 1 aliphatic heterocycles. The van der Waals surface area contributed by atoms with Gasteiger partial charge in [0.25, 0.3) is 0 Å². The monoisotopic (exact) mass is 461 g/mol. The standard InChI is InChI=1S/C25H23F4NO3/c1-2-3-4-20(26)24(29)16-7-5-15(6-8-16)17-9-10-23(32-14-17)25(31)33-18-11-21(27)19(13-30)22(28)12-18/h5-8,11-12,17,23H,2-4,9-10,14H2,1H3/b24-20+. The van der Waals surface area contributed by atoms with E-state index in [9.17, 15) is 22.4 Å². The minimum absolute atomic E-state index is 0.0510. The maximum absolute atomic E-state index is 14.2. The van der Waals surface area contributed by atoms with Gasteiger partial charge in [0.15, 0.2) is 11.9 Å². The normalized spacial score (nSPS) is 18.9. The van der Waals surface area contributed by atoms with Gasteiger partial charge in [0, 0.05) is 30.0 Å². The van der Waals surface area contributed by atoms with E-state index < -0.39 is 40.9 Å². The van der Waals surface area contributed by atoms with Gasteiger partial charge in [0.1, 0.15) is 34.8 Å². The molecule has 0 spiro atoms. The lowest BCUT2D eigenvalue weighted by atomic mass is 9.90. The highest BCUT2D eigenvalue weighted by Gasteiger charge is 2.30. The number of allylic oxidation sites excluding steroid dienone is 1. The van der Waals surface area contributed by atoms with E-state index >= 15 is 0 Å². The number of hydrogen-bond acceptors (Lipinski definition) is 4. The summed E-state index contributed by atoms with van der Waals surface area (Å²) in [5, 5.41) is 8.70. The summed E-state index contributed by atoms with van der Waals surface area (Å²) in [6.45, 7) is 2.10. The number of carbonyl (C=O) groups excluding carboxylic acids is 1. The number of benzene rings is 2. The zero-order valence-electron chi connectivity index (χ0n) is 18.0. The fourth-order valence-corrected chi connectivity index (χ4v) is 3.60. The Morgan fingerprint density at radius 1 is 1.15 bits per heavy atom. The number of unbranched alkanes of at least 4 members (excludes halogenated alkanes) is 1. The van der Waals surface area contributed by atoms with Gasteiger partial charge in [-0.3, -0.25) is 0 Å². The Kier molecular flexibility index (Phi) is 8.23. The average molecular weight is 461 g/mol. The quantitative estimate of drug-likeness (QED) is 0.268. The first-order chi connectivity index (χ1) is 15.8. The van der Waals surface area contributed by atoms with Crippen molar-refractivity contribution in [3.8, 4) is 11.8 Å². The van der Waals surface area contributed by atoms with Crippen LogP contribution in [-0.2, 0) is 9.53 Å². The summed E-state index contributed by atoms with van der Waals surface area (Å²) in [5.74, 6) is -5.04. The van der Waals surface area contributed by atoms with Gasteiger partial charge in [-0.1, -0.05) is 37.6 Å². The molecule has 33 heavy (non-hydrogen) atoms. The molecule has 0 aliphatic carbocycles. The van der Waals surface area contributed by atoms with Crippen LogP contribution in [0.5, 0.6) is 5.75 Å². The second kappa shape index (κ2) is 11.1. The number of nitriles is 1. The van der Waals surface area contributed by atoms with Crippen molar-refractivity contribution in [2.24, 2.45) is 0 Å². The van der Waals surface area contributed by atoms with Gasteiger partial charge in [-0.2, -0.15) is 5.26 Å². The summed E-state index contributed by atoms with van der Waals surface area (Å²) in [6.07, 6.45) is 1.40. The second-order valence-electron chi connectivity index (χ2n) is 7.84. The third-order valence-electron chi connectivity index (χ3n) is 5.51. The number of ether oxygens (including phenoxy) is 2. The van der Waals surface area contributed by atoms with Gasteiger partial charge in [0.2, 0.25) is 0 Å². The van der Waals surface area contributed by atoms with Crippen LogP contribution in [0.4, 0.5) is 17.6 Å². The first-order valence-corrected chi connectivity index (χ1v) is 10.7. The maximum Gasteiger partial charge on any atom is 0.340 e. The van der Waals surface area contributed by atoms with E-state index in [2.05, 4.69) is 0 Å². The van der Waals surface area contributed by atoms with Crippen LogP contribution in [0.15, 0.2) is 42.2 Å². The zero-order valence-corrected chi connectivity index (χ0v) is 18.0. The molecule has 0 bridgehead atoms. The fraction of sp³-hybridized carbons (Fsp3) is 0.360. The van der Waals surface area contributed by atoms with Crippen molar-refractivity contribution >= 4 is 11.8 Å². The van der Waals surface area contributed by atoms with Crippen LogP contribution in [0.2, 0.25) is 0 Å². The van der Waals surface area contributed by atoms with E-state index in [-0.39, 0.29) is 30.3 Å². The lowest BCUT2D eigenvalue weighted by Gasteiger charge is -2.28. The predicted octanol–water partition coefficient (Wildman–Crippen LogP) is 6.50. The van der Waals surface area contributed by atoms with E-state index in [1.165, 1.54) is 18.2 Å². The Bertz CT molecular complexity index is 1050. The Morgan fingerprint density at radius 2 is 1.82 bits per heavy atom. The van der Waals surface area contributed by atoms with Crippen LogP contribution in [0.25, 0.3) is 5.83 Å². The van der Waals surface area contributed by atoms with Crippen LogP contribution < -0.4 is 4.74 Å². The minimum atomic E-state index is -1.12. The molecule has 2 unspecified atom stereocenters. The van der Waals surface area contributed by atoms with Gasteiger partial charge < -0.3 is 9.47 Å². The molecule has 2 atom stereocenters. The predicted molar refractivity (Wildman–Crippen MR) is 114 cm³/mol. The highest BCUT2D eigenvalue weighted by molar-refractivity contribution is 5.77. The first kappa shape index (κ1) is 24.5. The van der Waals surface area contributed by atoms with Gasteiger partial charge >= 0.3 is 5.97 Å². The van der Waals surface area contributed by atoms with E-state index in [0.717, 1.165) is 24.1 Å². The third-order valence-corrected chi connectivity index (χ3v) is 5.51. The minimum Gasteiger partial charge on any atom is -0.424 e. The molecule has 2 aromatic carbocycles. The summed E-state index contributed by atoms with van der Waals surface area (Å²) in [6, 6.07) is 9.38. The van der Waals surface area contributed by atoms with Crippen molar-refractivity contribution in [2.75, 3.05) is 6.61 Å². The van der Waals surface area contributed by atoms with Crippen LogP contribution in [0, 0.1) is 23.0 Å². The maximum atomic E-state index is 14.2. The molecule has 174 valence electrons. The van der Waals surface area contributed by atoms with Gasteiger partial charge in [-0.25, -0.2) is 22.4 Å². The SMILES string of the molecule is CCCC/C(F)=C(\F)c1ccc(C2CCC(C(=O)Oc3cc(F)c(C#N)c(F)c3)OC2)cc1. The topological polar surface area (TPSA) is 59.3 Å². The van der Waals surface area contributed by atoms with E-state index in [1.807, 2.05) is 6.92 Å². The number of esters is 1. The summed E-state index contributed by atoms with van der Waals surface area (Å²) in [5.41, 5.74) is 0.285. The van der Waals surface area contributed by atoms with Crippen molar-refractivity contribution in [1.29, 1.82) is 5.26 Å². The Balaban J connectivity index is 1.57. The molecule has 0 N–H and O–H groups in total. The molecule has 1 fully saturated rings. The molecule has 1 aliphatic rings. The highest BCUT2D eigenvalue weighted by atomic mass is 19.2. The molecule has 0 aromatic heterocycles. The van der Waals surface area contributed by atoms with Crippen molar-refractivity contribution in [1.82, 2.24) is 0 Å². The molecule has 1 saturated heterocycles. The Labute approximate surface area is 189 Å². The van der Waals surface area contributed by atoms with Crippen molar-refractivity contribution in [2.45, 2.75) is 51.0 Å². The number of halogens is 4. The number of rotatable bonds is 7. The summed E-state index contributed by atoms with van der Waals surface area (Å²) < 4.78 is 66.0. The number of hydrogen-bond donors (Lipinski definition) is 0. The molecule has 3 rings (SSSR count). The average Bonchev–Trinajstić information content (AvgIpc) is 2.82. The lowest BCUT2D eigenvalue weighted by Crippen LogP contribution is -2.34.